The van der Waals surface area contributed by atoms with Crippen LogP contribution in [0.5, 0.6) is 0 Å². The Labute approximate surface area is 216 Å². The summed E-state index contributed by atoms with van der Waals surface area (Å²) in [6.45, 7) is 5.63. The monoisotopic (exact) mass is 541 g/mol. The van der Waals surface area contributed by atoms with Gasteiger partial charge in [-0.2, -0.15) is 13.1 Å². The van der Waals surface area contributed by atoms with Crippen molar-refractivity contribution in [3.05, 3.63) is 70.4 Å². The van der Waals surface area contributed by atoms with Gasteiger partial charge in [0.15, 0.2) is 5.57 Å². The van der Waals surface area contributed by atoms with Crippen LogP contribution in [0.15, 0.2) is 63.9 Å². The van der Waals surface area contributed by atoms with Gasteiger partial charge in [-0.1, -0.05) is 0 Å². The Morgan fingerprint density at radius 3 is 2.21 bits per heavy atom. The smallest absolute Gasteiger partial charge is 0.350 e. The van der Waals surface area contributed by atoms with Gasteiger partial charge in [-0.25, -0.2) is 19.4 Å². The minimum absolute atomic E-state index is 0.0534. The standard InChI is InChI=1S/C24H23N5O8S/c1-13-26-20-10-7-16(25-12-19-22(32)36-24(3,4)37-23(19)33)11-18(20)21(31)29(13)28-38(34,35)17-8-5-15(6-9-17)27-14(2)30/h5-12,25,28H,1-4H3,(H,27,30). The van der Waals surface area contributed by atoms with E-state index in [1.54, 1.807) is 6.07 Å². The van der Waals surface area contributed by atoms with E-state index in [0.29, 0.717) is 16.9 Å². The van der Waals surface area contributed by atoms with Crippen LogP contribution in [0.3, 0.4) is 0 Å². The van der Waals surface area contributed by atoms with Crippen LogP contribution in [0.25, 0.3) is 10.9 Å². The Bertz CT molecular complexity index is 1650. The molecule has 1 aromatic heterocycles. The van der Waals surface area contributed by atoms with Gasteiger partial charge in [-0.3, -0.25) is 9.59 Å². The van der Waals surface area contributed by atoms with Crippen molar-refractivity contribution in [1.82, 2.24) is 9.66 Å². The number of nitrogens with one attached hydrogen (secondary N) is 3. The number of amides is 1. The molecule has 3 N–H and O–H groups in total. The van der Waals surface area contributed by atoms with Crippen LogP contribution in [0.1, 0.15) is 26.6 Å². The fraction of sp³-hybridized carbons (Fsp3) is 0.208. The van der Waals surface area contributed by atoms with E-state index < -0.39 is 33.3 Å². The Kier molecular flexibility index (Phi) is 6.67. The number of esters is 2. The summed E-state index contributed by atoms with van der Waals surface area (Å²) >= 11 is 0. The van der Waals surface area contributed by atoms with Crippen LogP contribution < -0.4 is 21.0 Å². The average Bonchev–Trinajstić information content (AvgIpc) is 2.81. The van der Waals surface area contributed by atoms with E-state index in [4.69, 9.17) is 9.47 Å². The third-order valence-corrected chi connectivity index (χ3v) is 6.55. The quantitative estimate of drug-likeness (QED) is 0.237. The maximum absolute atomic E-state index is 13.2. The van der Waals surface area contributed by atoms with Gasteiger partial charge in [0.25, 0.3) is 21.4 Å². The predicted molar refractivity (Wildman–Crippen MR) is 136 cm³/mol. The third kappa shape index (κ3) is 5.49. The summed E-state index contributed by atoms with van der Waals surface area (Å²) in [6, 6.07) is 9.84. The molecule has 14 heteroatoms. The molecule has 0 saturated carbocycles. The first kappa shape index (κ1) is 26.3. The lowest BCUT2D eigenvalue weighted by Gasteiger charge is -2.29. The van der Waals surface area contributed by atoms with Gasteiger partial charge >= 0.3 is 11.9 Å². The van der Waals surface area contributed by atoms with Crippen molar-refractivity contribution in [2.45, 2.75) is 38.4 Å². The number of sulfonamides is 1. The van der Waals surface area contributed by atoms with Gasteiger partial charge in [-0.05, 0) is 49.4 Å². The van der Waals surface area contributed by atoms with Gasteiger partial charge < -0.3 is 20.1 Å². The second-order valence-electron chi connectivity index (χ2n) is 8.71. The molecule has 1 aliphatic heterocycles. The number of hydrogen-bond donors (Lipinski definition) is 3. The van der Waals surface area contributed by atoms with Crippen LogP contribution in [0.2, 0.25) is 0 Å². The van der Waals surface area contributed by atoms with Gasteiger partial charge in [0.1, 0.15) is 5.82 Å². The molecule has 4 rings (SSSR count). The maximum atomic E-state index is 13.2. The lowest BCUT2D eigenvalue weighted by atomic mass is 10.2. The molecule has 13 nitrogen and oxygen atoms in total. The number of aromatic nitrogens is 2. The summed E-state index contributed by atoms with van der Waals surface area (Å²) in [4.78, 5) is 55.0. The number of anilines is 2. The highest BCUT2D eigenvalue weighted by Gasteiger charge is 2.39. The number of cyclic esters (lactones) is 2. The molecule has 0 aliphatic carbocycles. The first-order chi connectivity index (χ1) is 17.8. The van der Waals surface area contributed by atoms with E-state index in [1.165, 1.54) is 64.1 Å². The van der Waals surface area contributed by atoms with E-state index in [9.17, 15) is 27.6 Å². The van der Waals surface area contributed by atoms with Crippen molar-refractivity contribution in [2.24, 2.45) is 0 Å². The summed E-state index contributed by atoms with van der Waals surface area (Å²) in [6.07, 6.45) is 1.09. The van der Waals surface area contributed by atoms with Crippen LogP contribution in [-0.2, 0) is 33.9 Å². The molecule has 1 fully saturated rings. The number of carbonyl (C=O) groups is 3. The van der Waals surface area contributed by atoms with Crippen LogP contribution in [0.4, 0.5) is 11.4 Å². The first-order valence-electron chi connectivity index (χ1n) is 11.1. The molecule has 1 saturated heterocycles. The Morgan fingerprint density at radius 1 is 1.00 bits per heavy atom. The zero-order valence-electron chi connectivity index (χ0n) is 20.7. The second-order valence-corrected chi connectivity index (χ2v) is 10.4. The van der Waals surface area contributed by atoms with Crippen LogP contribution >= 0.6 is 0 Å². The van der Waals surface area contributed by atoms with E-state index in [0.717, 1.165) is 10.9 Å². The van der Waals surface area contributed by atoms with Crippen LogP contribution in [-0.4, -0.2) is 41.7 Å². The molecule has 0 bridgehead atoms. The Balaban J connectivity index is 1.63. The fourth-order valence-electron chi connectivity index (χ4n) is 3.52. The molecule has 0 radical (unpaired) electrons. The van der Waals surface area contributed by atoms with Crippen molar-refractivity contribution in [1.29, 1.82) is 0 Å². The number of rotatable bonds is 6. The molecule has 1 amide bonds. The minimum Gasteiger partial charge on any atom is -0.419 e. The molecule has 2 aromatic carbocycles. The fourth-order valence-corrected chi connectivity index (χ4v) is 4.58. The Morgan fingerprint density at radius 2 is 1.61 bits per heavy atom. The van der Waals surface area contributed by atoms with E-state index in [1.807, 2.05) is 0 Å². The topological polar surface area (TPSA) is 175 Å². The molecule has 0 unspecified atom stereocenters. The number of fused-ring (bicyclic) bond motifs is 1. The molecular weight excluding hydrogens is 518 g/mol. The SMILES string of the molecule is CC(=O)Nc1ccc(S(=O)(=O)Nn2c(C)nc3ccc(NC=C4C(=O)OC(C)(C)OC4=O)cc3c2=O)cc1. The zero-order chi connectivity index (χ0) is 27.8. The third-order valence-electron chi connectivity index (χ3n) is 5.23. The minimum atomic E-state index is -4.20. The number of hydrogen-bond acceptors (Lipinski definition) is 10. The largest absolute Gasteiger partial charge is 0.419 e. The molecule has 2 heterocycles. The lowest BCUT2D eigenvalue weighted by molar-refractivity contribution is -0.222. The molecule has 0 spiro atoms. The van der Waals surface area contributed by atoms with Crippen LogP contribution in [0, 0.1) is 6.92 Å². The maximum Gasteiger partial charge on any atom is 0.350 e. The summed E-state index contributed by atoms with van der Waals surface area (Å²) < 4.78 is 36.7. The second kappa shape index (κ2) is 9.63. The predicted octanol–water partition coefficient (Wildman–Crippen LogP) is 1.73. The number of benzene rings is 2. The highest BCUT2D eigenvalue weighted by molar-refractivity contribution is 7.92. The van der Waals surface area contributed by atoms with Gasteiger partial charge in [-0.15, -0.1) is 0 Å². The van der Waals surface area contributed by atoms with E-state index >= 15 is 0 Å². The van der Waals surface area contributed by atoms with Crippen molar-refractivity contribution < 1.29 is 32.3 Å². The molecule has 3 aromatic rings. The molecule has 198 valence electrons. The van der Waals surface area contributed by atoms with Crippen molar-refractivity contribution in [3.8, 4) is 0 Å². The van der Waals surface area contributed by atoms with Crippen molar-refractivity contribution in [2.75, 3.05) is 15.5 Å². The van der Waals surface area contributed by atoms with Gasteiger partial charge in [0.05, 0.1) is 15.8 Å². The summed E-state index contributed by atoms with van der Waals surface area (Å²) in [7, 11) is -4.20. The molecular formula is C24H23N5O8S. The van der Waals surface area contributed by atoms with E-state index in [2.05, 4.69) is 20.4 Å². The number of carbonyl (C=O) groups excluding carboxylic acids is 3. The summed E-state index contributed by atoms with van der Waals surface area (Å²) in [5, 5.41) is 5.33. The van der Waals surface area contributed by atoms with E-state index in [-0.39, 0.29) is 27.6 Å². The zero-order valence-corrected chi connectivity index (χ0v) is 21.5. The summed E-state index contributed by atoms with van der Waals surface area (Å²) in [5.41, 5.74) is -0.0764. The number of ether oxygens (including phenoxy) is 2. The highest BCUT2D eigenvalue weighted by atomic mass is 32.2. The van der Waals surface area contributed by atoms with Crippen molar-refractivity contribution >= 4 is 50.1 Å². The van der Waals surface area contributed by atoms with Crippen molar-refractivity contribution in [3.63, 3.8) is 0 Å². The average molecular weight is 542 g/mol. The molecule has 0 atom stereocenters. The lowest BCUT2D eigenvalue weighted by Crippen LogP contribution is -2.42. The summed E-state index contributed by atoms with van der Waals surface area (Å²) in [5.74, 6) is -3.36. The van der Waals surface area contributed by atoms with Gasteiger partial charge in [0.2, 0.25) is 5.91 Å². The molecule has 38 heavy (non-hydrogen) atoms. The normalized spacial score (nSPS) is 14.9. The number of aryl methyl sites for hydroxylation is 1. The number of nitrogens with zero attached hydrogens (tertiary/aromatic N) is 2. The Hall–Kier alpha value is -4.72. The first-order valence-corrected chi connectivity index (χ1v) is 12.6. The molecule has 1 aliphatic rings. The van der Waals surface area contributed by atoms with Gasteiger partial charge in [0, 0.05) is 38.3 Å². The highest BCUT2D eigenvalue weighted by Crippen LogP contribution is 2.23.